The van der Waals surface area contributed by atoms with Gasteiger partial charge in [-0.2, -0.15) is 0 Å². The van der Waals surface area contributed by atoms with Gasteiger partial charge in [0.25, 0.3) is 0 Å². The summed E-state index contributed by atoms with van der Waals surface area (Å²) < 4.78 is 5.68. The summed E-state index contributed by atoms with van der Waals surface area (Å²) in [5.74, 6) is 1.58. The van der Waals surface area contributed by atoms with Gasteiger partial charge < -0.3 is 20.7 Å². The molecule has 28 heavy (non-hydrogen) atoms. The molecule has 0 atom stereocenters. The Bertz CT molecular complexity index is 743. The van der Waals surface area contributed by atoms with Crippen LogP contribution in [0.3, 0.4) is 0 Å². The maximum atomic E-state index is 11.7. The van der Waals surface area contributed by atoms with E-state index in [1.807, 2.05) is 75.4 Å². The number of hydrogen-bond acceptors (Lipinski definition) is 3. The van der Waals surface area contributed by atoms with Crippen molar-refractivity contribution in [1.82, 2.24) is 10.6 Å². The molecule has 0 saturated carbocycles. The third kappa shape index (κ3) is 7.70. The van der Waals surface area contributed by atoms with Crippen LogP contribution in [-0.4, -0.2) is 31.6 Å². The van der Waals surface area contributed by atoms with Crippen molar-refractivity contribution < 1.29 is 9.53 Å². The number of nitrogens with zero attached hydrogens (tertiary/aromatic N) is 1. The Kier molecular flexibility index (Phi) is 8.85. The monoisotopic (exact) mass is 382 g/mol. The summed E-state index contributed by atoms with van der Waals surface area (Å²) in [6, 6.07) is 17.5. The summed E-state index contributed by atoms with van der Waals surface area (Å²) >= 11 is 0. The first kappa shape index (κ1) is 21.3. The number of aliphatic imine (C=N–C) groups is 1. The number of ether oxygens (including phenoxy) is 1. The minimum absolute atomic E-state index is 0.0159. The molecule has 2 rings (SSSR count). The minimum atomic E-state index is -0.0381. The average Bonchev–Trinajstić information content (AvgIpc) is 2.71. The molecule has 0 aliphatic heterocycles. The Morgan fingerprint density at radius 1 is 1.04 bits per heavy atom. The average molecular weight is 383 g/mol. The summed E-state index contributed by atoms with van der Waals surface area (Å²) in [7, 11) is 0. The van der Waals surface area contributed by atoms with Crippen LogP contribution in [0.15, 0.2) is 59.6 Å². The van der Waals surface area contributed by atoms with Gasteiger partial charge in [-0.05, 0) is 36.8 Å². The minimum Gasteiger partial charge on any atom is -0.492 e. The van der Waals surface area contributed by atoms with E-state index in [1.54, 1.807) is 0 Å². The molecule has 0 saturated heterocycles. The van der Waals surface area contributed by atoms with E-state index < -0.39 is 0 Å². The van der Waals surface area contributed by atoms with Gasteiger partial charge in [0.2, 0.25) is 5.91 Å². The Hall–Kier alpha value is -3.02. The van der Waals surface area contributed by atoms with Gasteiger partial charge in [-0.15, -0.1) is 0 Å². The fraction of sp³-hybridized carbons (Fsp3) is 0.364. The number of rotatable bonds is 9. The lowest BCUT2D eigenvalue weighted by Gasteiger charge is -2.12. The Morgan fingerprint density at radius 3 is 2.39 bits per heavy atom. The third-order valence-corrected chi connectivity index (χ3v) is 3.92. The Balaban J connectivity index is 1.81. The quantitative estimate of drug-likeness (QED) is 0.353. The number of amides is 1. The van der Waals surface area contributed by atoms with Gasteiger partial charge >= 0.3 is 0 Å². The lowest BCUT2D eigenvalue weighted by Crippen LogP contribution is -2.39. The van der Waals surface area contributed by atoms with Gasteiger partial charge in [0.1, 0.15) is 12.4 Å². The summed E-state index contributed by atoms with van der Waals surface area (Å²) in [5.41, 5.74) is 1.87. The van der Waals surface area contributed by atoms with E-state index >= 15 is 0 Å². The van der Waals surface area contributed by atoms with Crippen molar-refractivity contribution >= 4 is 17.6 Å². The SMILES string of the molecule is CCNC(=NCc1ccc(NC(=O)C(C)C)cc1)NCCOc1ccccc1. The predicted octanol–water partition coefficient (Wildman–Crippen LogP) is 3.42. The maximum Gasteiger partial charge on any atom is 0.226 e. The molecular weight excluding hydrogens is 352 g/mol. The molecule has 0 radical (unpaired) electrons. The number of hydrogen-bond donors (Lipinski definition) is 3. The summed E-state index contributed by atoms with van der Waals surface area (Å²) in [4.78, 5) is 16.3. The molecule has 2 aromatic carbocycles. The number of carbonyl (C=O) groups is 1. The third-order valence-electron chi connectivity index (χ3n) is 3.92. The molecule has 6 nitrogen and oxygen atoms in total. The van der Waals surface area contributed by atoms with Crippen LogP contribution in [0.5, 0.6) is 5.75 Å². The molecule has 0 bridgehead atoms. The van der Waals surface area contributed by atoms with Crippen LogP contribution in [-0.2, 0) is 11.3 Å². The predicted molar refractivity (Wildman–Crippen MR) is 115 cm³/mol. The molecule has 2 aromatic rings. The topological polar surface area (TPSA) is 74.8 Å². The molecule has 150 valence electrons. The Morgan fingerprint density at radius 2 is 1.75 bits per heavy atom. The van der Waals surface area contributed by atoms with Crippen LogP contribution in [0.25, 0.3) is 0 Å². The second kappa shape index (κ2) is 11.6. The van der Waals surface area contributed by atoms with Crippen molar-refractivity contribution in [2.75, 3.05) is 25.0 Å². The van der Waals surface area contributed by atoms with Crippen molar-refractivity contribution in [3.63, 3.8) is 0 Å². The van der Waals surface area contributed by atoms with E-state index in [1.165, 1.54) is 0 Å². The smallest absolute Gasteiger partial charge is 0.226 e. The number of anilines is 1. The fourth-order valence-electron chi connectivity index (χ4n) is 2.35. The first-order valence-electron chi connectivity index (χ1n) is 9.68. The van der Waals surface area contributed by atoms with Crippen molar-refractivity contribution in [2.45, 2.75) is 27.3 Å². The van der Waals surface area contributed by atoms with Gasteiger partial charge in [-0.1, -0.05) is 44.2 Å². The van der Waals surface area contributed by atoms with E-state index in [9.17, 15) is 4.79 Å². The maximum absolute atomic E-state index is 11.7. The van der Waals surface area contributed by atoms with Crippen LogP contribution in [0.2, 0.25) is 0 Å². The molecule has 0 spiro atoms. The zero-order chi connectivity index (χ0) is 20.2. The van der Waals surface area contributed by atoms with Gasteiger partial charge in [-0.25, -0.2) is 4.99 Å². The van der Waals surface area contributed by atoms with E-state index in [0.717, 1.165) is 29.5 Å². The molecule has 1 amide bonds. The summed E-state index contributed by atoms with van der Waals surface area (Å²) in [6.45, 7) is 8.32. The normalized spacial score (nSPS) is 11.2. The molecule has 0 aliphatic rings. The second-order valence-corrected chi connectivity index (χ2v) is 6.62. The van der Waals surface area contributed by atoms with E-state index in [2.05, 4.69) is 20.9 Å². The molecule has 6 heteroatoms. The lowest BCUT2D eigenvalue weighted by atomic mass is 10.2. The van der Waals surface area contributed by atoms with Crippen LogP contribution >= 0.6 is 0 Å². The number of benzene rings is 2. The van der Waals surface area contributed by atoms with Crippen LogP contribution in [0.4, 0.5) is 5.69 Å². The van der Waals surface area contributed by atoms with Gasteiger partial charge in [-0.3, -0.25) is 4.79 Å². The van der Waals surface area contributed by atoms with Crippen molar-refractivity contribution in [2.24, 2.45) is 10.9 Å². The van der Waals surface area contributed by atoms with Crippen molar-refractivity contribution in [3.8, 4) is 5.75 Å². The molecule has 0 aliphatic carbocycles. The van der Waals surface area contributed by atoms with Gasteiger partial charge in [0.05, 0.1) is 13.1 Å². The first-order chi connectivity index (χ1) is 13.6. The molecule has 0 unspecified atom stereocenters. The first-order valence-corrected chi connectivity index (χ1v) is 9.68. The highest BCUT2D eigenvalue weighted by Crippen LogP contribution is 2.12. The molecule has 0 fully saturated rings. The zero-order valence-electron chi connectivity index (χ0n) is 16.9. The van der Waals surface area contributed by atoms with Crippen molar-refractivity contribution in [3.05, 3.63) is 60.2 Å². The largest absolute Gasteiger partial charge is 0.492 e. The fourth-order valence-corrected chi connectivity index (χ4v) is 2.35. The molecule has 0 heterocycles. The van der Waals surface area contributed by atoms with E-state index in [0.29, 0.717) is 19.7 Å². The zero-order valence-corrected chi connectivity index (χ0v) is 16.9. The van der Waals surface area contributed by atoms with Crippen LogP contribution in [0.1, 0.15) is 26.3 Å². The number of carbonyl (C=O) groups excluding carboxylic acids is 1. The Labute approximate surface area is 167 Å². The highest BCUT2D eigenvalue weighted by Gasteiger charge is 2.06. The van der Waals surface area contributed by atoms with E-state index in [4.69, 9.17) is 4.74 Å². The standard InChI is InChI=1S/C22H30N4O2/c1-4-23-22(24-14-15-28-20-8-6-5-7-9-20)25-16-18-10-12-19(13-11-18)26-21(27)17(2)3/h5-13,17H,4,14-16H2,1-3H3,(H,26,27)(H2,23,24,25). The van der Waals surface area contributed by atoms with Gasteiger partial charge in [0, 0.05) is 18.2 Å². The molecule has 0 aromatic heterocycles. The summed E-state index contributed by atoms with van der Waals surface area (Å²) in [5, 5.41) is 9.38. The highest BCUT2D eigenvalue weighted by molar-refractivity contribution is 5.92. The number of nitrogens with one attached hydrogen (secondary N) is 3. The van der Waals surface area contributed by atoms with Crippen LogP contribution < -0.4 is 20.7 Å². The van der Waals surface area contributed by atoms with Gasteiger partial charge in [0.15, 0.2) is 5.96 Å². The molecule has 3 N–H and O–H groups in total. The highest BCUT2D eigenvalue weighted by atomic mass is 16.5. The summed E-state index contributed by atoms with van der Waals surface area (Å²) in [6.07, 6.45) is 0. The number of guanidine groups is 1. The van der Waals surface area contributed by atoms with E-state index in [-0.39, 0.29) is 11.8 Å². The van der Waals surface area contributed by atoms with Crippen LogP contribution in [0, 0.1) is 5.92 Å². The lowest BCUT2D eigenvalue weighted by molar-refractivity contribution is -0.118. The molecular formula is C22H30N4O2. The second-order valence-electron chi connectivity index (χ2n) is 6.62. The number of para-hydroxylation sites is 1. The van der Waals surface area contributed by atoms with Crippen molar-refractivity contribution in [1.29, 1.82) is 0 Å².